The molecule has 16 nitrogen and oxygen atoms in total. The minimum Gasteiger partial charge on any atom is -0.789 e. The van der Waals surface area contributed by atoms with E-state index in [4.69, 9.17) is 15.4 Å². The van der Waals surface area contributed by atoms with Crippen LogP contribution in [0.3, 0.4) is 0 Å². The lowest BCUT2D eigenvalue weighted by Gasteiger charge is -2.29. The summed E-state index contributed by atoms with van der Waals surface area (Å²) in [5.74, 6) is 0.182. The molecule has 3 heterocycles. The van der Waals surface area contributed by atoms with E-state index in [1.165, 1.54) is 12.7 Å². The molecule has 1 aliphatic heterocycles. The number of phosphoric acid groups is 3. The Kier molecular flexibility index (Phi) is 6.26. The Bertz CT molecular complexity index is 1040. The third kappa shape index (κ3) is 5.87. The number of fused-ring (bicyclic) bond motifs is 1. The Morgan fingerprint density at radius 1 is 1.17 bits per heavy atom. The van der Waals surface area contributed by atoms with Gasteiger partial charge in [-0.1, -0.05) is 0 Å². The SMILES string of the molecule is Nc1ncnc2c1ncn2[C@@H]1CC[C@@H](COP(=O)(O)OP(=O)(O)OP(=O)([O-])[O-])O1. The van der Waals surface area contributed by atoms with Crippen LogP contribution in [-0.4, -0.2) is 42.0 Å². The summed E-state index contributed by atoms with van der Waals surface area (Å²) in [6.45, 7) is -0.555. The molecule has 0 radical (unpaired) electrons. The van der Waals surface area contributed by atoms with Gasteiger partial charge in [0, 0.05) is 0 Å². The van der Waals surface area contributed by atoms with E-state index in [9.17, 15) is 28.4 Å². The molecule has 0 spiro atoms. The number of ether oxygens (including phenoxy) is 1. The summed E-state index contributed by atoms with van der Waals surface area (Å²) in [6, 6.07) is 0. The van der Waals surface area contributed by atoms with Gasteiger partial charge in [-0.25, -0.2) is 24.1 Å². The summed E-state index contributed by atoms with van der Waals surface area (Å²) in [5.41, 5.74) is 6.50. The van der Waals surface area contributed by atoms with Crippen LogP contribution in [0.15, 0.2) is 12.7 Å². The molecule has 0 saturated carbocycles. The van der Waals surface area contributed by atoms with Gasteiger partial charge in [-0.2, -0.15) is 4.31 Å². The van der Waals surface area contributed by atoms with Gasteiger partial charge in [0.15, 0.2) is 11.5 Å². The standard InChI is InChI=1S/C10H16N5O11P3/c11-9-8-10(13-4-12-9)15(5-14-8)7-2-1-6(24-7)3-23-28(19,20)26-29(21,22)25-27(16,17)18/h4-7H,1-3H2,(H,19,20)(H,21,22)(H2,11,12,13)(H2,16,17,18)/p-2/t6-,7-/m0/s1. The lowest BCUT2D eigenvalue weighted by molar-refractivity contribution is -0.334. The van der Waals surface area contributed by atoms with Gasteiger partial charge < -0.3 is 34.6 Å². The van der Waals surface area contributed by atoms with Crippen LogP contribution in [0.1, 0.15) is 19.1 Å². The maximum absolute atomic E-state index is 11.7. The van der Waals surface area contributed by atoms with Gasteiger partial charge in [-0.3, -0.25) is 13.4 Å². The molecule has 162 valence electrons. The number of phosphoric ester groups is 1. The Balaban J connectivity index is 1.58. The molecule has 1 saturated heterocycles. The van der Waals surface area contributed by atoms with Crippen molar-refractivity contribution in [3.8, 4) is 0 Å². The molecule has 3 rings (SSSR count). The molecule has 29 heavy (non-hydrogen) atoms. The molecule has 0 aliphatic carbocycles. The Labute approximate surface area is 162 Å². The van der Waals surface area contributed by atoms with E-state index in [0.29, 0.717) is 24.0 Å². The molecular formula is C10H14N5O11P3-2. The fourth-order valence-corrected chi connectivity index (χ4v) is 5.55. The predicted octanol–water partition coefficient (Wildman–Crippen LogP) is -0.835. The highest BCUT2D eigenvalue weighted by atomic mass is 31.3. The summed E-state index contributed by atoms with van der Waals surface area (Å²) in [4.78, 5) is 51.1. The average Bonchev–Trinajstić information content (AvgIpc) is 3.16. The van der Waals surface area contributed by atoms with Crippen molar-refractivity contribution < 1.29 is 51.2 Å². The topological polar surface area (TPSA) is 244 Å². The number of nitrogen functional groups attached to an aromatic ring is 1. The molecule has 2 aromatic rings. The van der Waals surface area contributed by atoms with Crippen LogP contribution in [-0.2, 0) is 31.6 Å². The molecule has 1 aliphatic rings. The average molecular weight is 473 g/mol. The number of nitrogens with zero attached hydrogens (tertiary/aromatic N) is 4. The van der Waals surface area contributed by atoms with Crippen molar-refractivity contribution in [1.82, 2.24) is 19.5 Å². The zero-order chi connectivity index (χ0) is 21.4. The quantitative estimate of drug-likeness (QED) is 0.396. The van der Waals surface area contributed by atoms with Crippen molar-refractivity contribution in [3.05, 3.63) is 12.7 Å². The first-order chi connectivity index (χ1) is 13.4. The molecule has 2 unspecified atom stereocenters. The Morgan fingerprint density at radius 3 is 2.59 bits per heavy atom. The molecule has 1 fully saturated rings. The second kappa shape index (κ2) is 8.10. The number of anilines is 1. The van der Waals surface area contributed by atoms with Crippen molar-refractivity contribution in [2.75, 3.05) is 12.3 Å². The van der Waals surface area contributed by atoms with Crippen LogP contribution in [0.2, 0.25) is 0 Å². The number of nitrogens with two attached hydrogens (primary N) is 1. The maximum atomic E-state index is 11.7. The van der Waals surface area contributed by atoms with E-state index in [1.807, 2.05) is 0 Å². The summed E-state index contributed by atoms with van der Waals surface area (Å²) in [7, 11) is -16.9. The van der Waals surface area contributed by atoms with Gasteiger partial charge in [-0.15, -0.1) is 0 Å². The Hall–Kier alpha value is -1.28. The largest absolute Gasteiger partial charge is 0.789 e. The number of rotatable bonds is 8. The van der Waals surface area contributed by atoms with Gasteiger partial charge in [0.25, 0.3) is 0 Å². The molecule has 4 atom stereocenters. The first kappa shape index (κ1) is 22.4. The summed E-state index contributed by atoms with van der Waals surface area (Å²) < 4.78 is 52.0. The van der Waals surface area contributed by atoms with E-state index < -0.39 is 42.4 Å². The first-order valence-electron chi connectivity index (χ1n) is 7.68. The molecule has 19 heteroatoms. The summed E-state index contributed by atoms with van der Waals surface area (Å²) in [5, 5.41) is 0. The second-order valence-electron chi connectivity index (χ2n) is 5.72. The van der Waals surface area contributed by atoms with Crippen molar-refractivity contribution in [2.24, 2.45) is 0 Å². The van der Waals surface area contributed by atoms with Gasteiger partial charge >= 0.3 is 15.6 Å². The monoisotopic (exact) mass is 473 g/mol. The van der Waals surface area contributed by atoms with Crippen LogP contribution in [0.5, 0.6) is 0 Å². The molecule has 4 N–H and O–H groups in total. The third-order valence-corrected chi connectivity index (χ3v) is 7.37. The predicted molar refractivity (Wildman–Crippen MR) is 88.3 cm³/mol. The summed E-state index contributed by atoms with van der Waals surface area (Å²) in [6.07, 6.45) is 2.20. The van der Waals surface area contributed by atoms with Crippen LogP contribution < -0.4 is 15.5 Å². The zero-order valence-corrected chi connectivity index (χ0v) is 16.9. The van der Waals surface area contributed by atoms with Crippen molar-refractivity contribution in [3.63, 3.8) is 0 Å². The number of hydrogen-bond acceptors (Lipinski definition) is 13. The van der Waals surface area contributed by atoms with Crippen LogP contribution in [0.4, 0.5) is 5.82 Å². The fourth-order valence-electron chi connectivity index (χ4n) is 2.57. The number of imidazole rings is 1. The van der Waals surface area contributed by atoms with Crippen molar-refractivity contribution >= 4 is 40.4 Å². The smallest absolute Gasteiger partial charge is 0.484 e. The highest BCUT2D eigenvalue weighted by molar-refractivity contribution is 7.66. The van der Waals surface area contributed by atoms with Gasteiger partial charge in [0.05, 0.1) is 26.9 Å². The zero-order valence-electron chi connectivity index (χ0n) is 14.2. The molecule has 0 amide bonds. The highest BCUT2D eigenvalue weighted by Gasteiger charge is 2.38. The van der Waals surface area contributed by atoms with E-state index in [2.05, 4.69) is 28.1 Å². The van der Waals surface area contributed by atoms with Crippen LogP contribution in [0, 0.1) is 0 Å². The highest BCUT2D eigenvalue weighted by Crippen LogP contribution is 2.64. The summed E-state index contributed by atoms with van der Waals surface area (Å²) >= 11 is 0. The lowest BCUT2D eigenvalue weighted by Crippen LogP contribution is -2.17. The van der Waals surface area contributed by atoms with Crippen molar-refractivity contribution in [1.29, 1.82) is 0 Å². The minimum absolute atomic E-state index is 0.182. The maximum Gasteiger partial charge on any atom is 0.484 e. The van der Waals surface area contributed by atoms with Crippen molar-refractivity contribution in [2.45, 2.75) is 25.2 Å². The second-order valence-corrected chi connectivity index (χ2v) is 10.0. The van der Waals surface area contributed by atoms with Gasteiger partial charge in [0.1, 0.15) is 18.1 Å². The fraction of sp³-hybridized carbons (Fsp3) is 0.500. The van der Waals surface area contributed by atoms with E-state index >= 15 is 0 Å². The normalized spacial score (nSPS) is 24.4. The number of aromatic nitrogens is 4. The molecule has 0 bridgehead atoms. The molecule has 0 aromatic carbocycles. The lowest BCUT2D eigenvalue weighted by atomic mass is 10.2. The Morgan fingerprint density at radius 2 is 1.90 bits per heavy atom. The van der Waals surface area contributed by atoms with Gasteiger partial charge in [-0.05, 0) is 12.8 Å². The van der Waals surface area contributed by atoms with E-state index in [-0.39, 0.29) is 5.82 Å². The van der Waals surface area contributed by atoms with E-state index in [0.717, 1.165) is 0 Å². The minimum atomic E-state index is -5.95. The third-order valence-electron chi connectivity index (χ3n) is 3.62. The molecular weight excluding hydrogens is 459 g/mol. The first-order valence-corrected chi connectivity index (χ1v) is 12.1. The number of hydrogen-bond donors (Lipinski definition) is 3. The molecule has 2 aromatic heterocycles. The van der Waals surface area contributed by atoms with Crippen LogP contribution in [0.25, 0.3) is 11.2 Å². The van der Waals surface area contributed by atoms with Crippen LogP contribution >= 0.6 is 23.5 Å². The van der Waals surface area contributed by atoms with Gasteiger partial charge in [0.2, 0.25) is 0 Å². The van der Waals surface area contributed by atoms with E-state index in [1.54, 1.807) is 4.57 Å².